The van der Waals surface area contributed by atoms with Crippen LogP contribution in [0, 0.1) is 0 Å². The minimum atomic E-state index is -0.486. The summed E-state index contributed by atoms with van der Waals surface area (Å²) in [6.45, 7) is 7.85. The van der Waals surface area contributed by atoms with Crippen LogP contribution in [-0.4, -0.2) is 63.3 Å². The summed E-state index contributed by atoms with van der Waals surface area (Å²) in [5.74, 6) is 0.747. The largest absolute Gasteiger partial charge is 0.392 e. The Bertz CT molecular complexity index is 570. The Morgan fingerprint density at radius 3 is 1.49 bits per heavy atom. The van der Waals surface area contributed by atoms with Gasteiger partial charge in [0.05, 0.1) is 24.9 Å². The van der Waals surface area contributed by atoms with Crippen molar-refractivity contribution in [3.8, 4) is 0 Å². The number of nitrogens with zero attached hydrogens (tertiary/aromatic N) is 3. The predicted molar refractivity (Wildman–Crippen MR) is 147 cm³/mol. The highest BCUT2D eigenvalue weighted by molar-refractivity contribution is 5.36. The summed E-state index contributed by atoms with van der Waals surface area (Å²) in [7, 11) is 0. The van der Waals surface area contributed by atoms with Gasteiger partial charge in [0.2, 0.25) is 0 Å². The number of hydrazine groups is 1. The predicted octanol–water partition coefficient (Wildman–Crippen LogP) is 6.10. The summed E-state index contributed by atoms with van der Waals surface area (Å²) < 4.78 is 0. The van der Waals surface area contributed by atoms with Crippen molar-refractivity contribution in [3.63, 3.8) is 0 Å². The molecule has 1 rings (SSSR count). The van der Waals surface area contributed by atoms with Gasteiger partial charge in [0.15, 0.2) is 0 Å². The average Bonchev–Trinajstić information content (AvgIpc) is 2.86. The lowest BCUT2D eigenvalue weighted by atomic mass is 10.1. The molecule has 6 nitrogen and oxygen atoms in total. The molecule has 0 aliphatic carbocycles. The quantitative estimate of drug-likeness (QED) is 0.126. The lowest BCUT2D eigenvalue weighted by Crippen LogP contribution is -2.52. The zero-order chi connectivity index (χ0) is 25.7. The first-order chi connectivity index (χ1) is 17.0. The molecule has 3 N–H and O–H groups in total. The van der Waals surface area contributed by atoms with Crippen LogP contribution in [0.25, 0.3) is 0 Å². The molecule has 0 aromatic carbocycles. The molecule has 3 unspecified atom stereocenters. The van der Waals surface area contributed by atoms with Crippen LogP contribution in [0.15, 0.2) is 24.4 Å². The number of hydrogen-bond acceptors (Lipinski definition) is 6. The van der Waals surface area contributed by atoms with E-state index >= 15 is 0 Å². The molecule has 0 fully saturated rings. The van der Waals surface area contributed by atoms with E-state index in [0.717, 1.165) is 63.6 Å². The molecule has 0 saturated heterocycles. The minimum absolute atomic E-state index is 0.411. The van der Waals surface area contributed by atoms with Gasteiger partial charge >= 0.3 is 0 Å². The van der Waals surface area contributed by atoms with Gasteiger partial charge in [0, 0.05) is 19.3 Å². The topological polar surface area (TPSA) is 80.1 Å². The van der Waals surface area contributed by atoms with E-state index in [1.54, 1.807) is 6.20 Å². The summed E-state index contributed by atoms with van der Waals surface area (Å²) in [5.41, 5.74) is 0. The minimum Gasteiger partial charge on any atom is -0.392 e. The third-order valence-corrected chi connectivity index (χ3v) is 6.65. The maximum absolute atomic E-state index is 10.9. The van der Waals surface area contributed by atoms with E-state index in [1.807, 2.05) is 28.2 Å². The van der Waals surface area contributed by atoms with Crippen molar-refractivity contribution in [3.05, 3.63) is 24.4 Å². The fourth-order valence-corrected chi connectivity index (χ4v) is 4.51. The number of rotatable bonds is 23. The van der Waals surface area contributed by atoms with E-state index in [0.29, 0.717) is 19.6 Å². The van der Waals surface area contributed by atoms with Crippen LogP contribution in [0.4, 0.5) is 5.82 Å². The van der Waals surface area contributed by atoms with Crippen molar-refractivity contribution >= 4 is 5.82 Å². The van der Waals surface area contributed by atoms with E-state index in [9.17, 15) is 15.3 Å². The van der Waals surface area contributed by atoms with Crippen molar-refractivity contribution in [2.45, 2.75) is 135 Å². The molecule has 0 spiro atoms. The summed E-state index contributed by atoms with van der Waals surface area (Å²) in [6.07, 6.45) is 16.1. The molecule has 0 saturated carbocycles. The van der Waals surface area contributed by atoms with Gasteiger partial charge in [-0.15, -0.1) is 0 Å². The number of aliphatic hydroxyl groups excluding tert-OH is 3. The molecule has 0 aliphatic heterocycles. The number of hydrogen-bond donors (Lipinski definition) is 3. The standard InChI is InChI=1S/C29H55N3O3/c1-4-7-10-13-18-26(33)23-31(24-27(34)19-14-11-8-5-2)32(29-21-16-17-22-30-29)25-28(35)20-15-12-9-6-3/h16-17,21-22,26-28,33-35H,4-15,18-20,23-25H2,1-3H3. The summed E-state index contributed by atoms with van der Waals surface area (Å²) in [6, 6.07) is 5.78. The Morgan fingerprint density at radius 2 is 1.09 bits per heavy atom. The van der Waals surface area contributed by atoms with E-state index in [-0.39, 0.29) is 0 Å². The lowest BCUT2D eigenvalue weighted by molar-refractivity contribution is 0.0442. The Kier molecular flexibility index (Phi) is 19.0. The number of anilines is 1. The molecular weight excluding hydrogens is 438 g/mol. The van der Waals surface area contributed by atoms with Crippen LogP contribution in [0.5, 0.6) is 0 Å². The molecule has 0 amide bonds. The molecule has 0 aliphatic rings. The molecule has 35 heavy (non-hydrogen) atoms. The van der Waals surface area contributed by atoms with E-state index in [4.69, 9.17) is 0 Å². The van der Waals surface area contributed by atoms with Gasteiger partial charge in [-0.05, 0) is 31.4 Å². The highest BCUT2D eigenvalue weighted by atomic mass is 16.3. The van der Waals surface area contributed by atoms with Crippen molar-refractivity contribution < 1.29 is 15.3 Å². The molecule has 204 valence electrons. The first-order valence-electron chi connectivity index (χ1n) is 14.5. The fourth-order valence-electron chi connectivity index (χ4n) is 4.51. The third-order valence-electron chi connectivity index (χ3n) is 6.65. The highest BCUT2D eigenvalue weighted by Gasteiger charge is 2.25. The normalized spacial score (nSPS) is 14.3. The molecule has 1 aromatic heterocycles. The zero-order valence-corrected chi connectivity index (χ0v) is 23.0. The van der Waals surface area contributed by atoms with Crippen LogP contribution in [0.2, 0.25) is 0 Å². The number of aromatic nitrogens is 1. The SMILES string of the molecule is CCCCCCC(O)CN(CC(O)CCCCCC)N(CC(O)CCCCCC)c1ccccn1. The zero-order valence-electron chi connectivity index (χ0n) is 23.0. The second-order valence-electron chi connectivity index (χ2n) is 10.2. The average molecular weight is 494 g/mol. The molecule has 0 radical (unpaired) electrons. The van der Waals surface area contributed by atoms with E-state index < -0.39 is 18.3 Å². The van der Waals surface area contributed by atoms with E-state index in [1.165, 1.54) is 38.5 Å². The Balaban J connectivity index is 2.92. The molecule has 1 heterocycles. The molecule has 1 aromatic rings. The van der Waals surface area contributed by atoms with Crippen molar-refractivity contribution in [1.82, 2.24) is 9.99 Å². The van der Waals surface area contributed by atoms with Gasteiger partial charge in [0.1, 0.15) is 5.82 Å². The highest BCUT2D eigenvalue weighted by Crippen LogP contribution is 2.19. The van der Waals surface area contributed by atoms with Crippen molar-refractivity contribution in [2.24, 2.45) is 0 Å². The van der Waals surface area contributed by atoms with Gasteiger partial charge in [-0.2, -0.15) is 0 Å². The molecule has 3 atom stereocenters. The summed E-state index contributed by atoms with van der Waals surface area (Å²) in [5, 5.41) is 36.7. The maximum Gasteiger partial charge on any atom is 0.142 e. The van der Waals surface area contributed by atoms with Gasteiger partial charge < -0.3 is 15.3 Å². The van der Waals surface area contributed by atoms with Crippen LogP contribution < -0.4 is 5.01 Å². The molecule has 6 heteroatoms. The van der Waals surface area contributed by atoms with E-state index in [2.05, 4.69) is 25.8 Å². The number of pyridine rings is 1. The Labute approximate surface area is 215 Å². The second-order valence-corrected chi connectivity index (χ2v) is 10.2. The third kappa shape index (κ3) is 15.5. The molecular formula is C29H55N3O3. The van der Waals surface area contributed by atoms with Crippen LogP contribution in [-0.2, 0) is 0 Å². The fraction of sp³-hybridized carbons (Fsp3) is 0.828. The lowest BCUT2D eigenvalue weighted by Gasteiger charge is -2.39. The first-order valence-corrected chi connectivity index (χ1v) is 14.5. The summed E-state index contributed by atoms with van der Waals surface area (Å²) >= 11 is 0. The smallest absolute Gasteiger partial charge is 0.142 e. The second kappa shape index (κ2) is 20.9. The number of aliphatic hydroxyl groups is 3. The Hall–Kier alpha value is -1.21. The van der Waals surface area contributed by atoms with Gasteiger partial charge in [-0.1, -0.05) is 104 Å². The van der Waals surface area contributed by atoms with Crippen molar-refractivity contribution in [1.29, 1.82) is 0 Å². The van der Waals surface area contributed by atoms with Crippen LogP contribution in [0.1, 0.15) is 117 Å². The maximum atomic E-state index is 10.9. The van der Waals surface area contributed by atoms with Gasteiger partial charge in [0.25, 0.3) is 0 Å². The van der Waals surface area contributed by atoms with Crippen LogP contribution >= 0.6 is 0 Å². The van der Waals surface area contributed by atoms with Crippen LogP contribution in [0.3, 0.4) is 0 Å². The Morgan fingerprint density at radius 1 is 0.629 bits per heavy atom. The monoisotopic (exact) mass is 493 g/mol. The van der Waals surface area contributed by atoms with Gasteiger partial charge in [-0.25, -0.2) is 9.99 Å². The first kappa shape index (κ1) is 31.8. The molecule has 0 bridgehead atoms. The van der Waals surface area contributed by atoms with Crippen molar-refractivity contribution in [2.75, 3.05) is 24.6 Å². The number of unbranched alkanes of at least 4 members (excludes halogenated alkanes) is 9. The summed E-state index contributed by atoms with van der Waals surface area (Å²) in [4.78, 5) is 4.56. The van der Waals surface area contributed by atoms with Gasteiger partial charge in [-0.3, -0.25) is 5.01 Å².